The smallest absolute Gasteiger partial charge is 0.327 e. The van der Waals surface area contributed by atoms with Gasteiger partial charge >= 0.3 is 5.69 Å². The molecule has 1 heterocycles. The second-order valence-electron chi connectivity index (χ2n) is 7.99. The molecular formula is C20H30FN3O3. The zero-order chi connectivity index (χ0) is 19.4. The van der Waals surface area contributed by atoms with E-state index in [1.165, 1.54) is 0 Å². The molecule has 1 aromatic carbocycles. The van der Waals surface area contributed by atoms with Gasteiger partial charge in [0, 0.05) is 31.3 Å². The van der Waals surface area contributed by atoms with E-state index in [9.17, 15) is 14.5 Å². The molecule has 2 aliphatic rings. The fourth-order valence-corrected chi connectivity index (χ4v) is 4.47. The number of benzene rings is 1. The third-order valence-electron chi connectivity index (χ3n) is 5.97. The van der Waals surface area contributed by atoms with Crippen LogP contribution in [-0.2, 0) is 4.74 Å². The molecule has 3 rings (SSSR count). The maximum atomic E-state index is 13.9. The number of nitrogens with zero attached hydrogens (tertiary/aromatic N) is 2. The number of hydrogen-bond acceptors (Lipinski definition) is 5. The Hall–Kier alpha value is -1.73. The second-order valence-corrected chi connectivity index (χ2v) is 7.99. The zero-order valence-corrected chi connectivity index (χ0v) is 16.2. The SMILES string of the molecule is CCOC1CCC(C)(NC2CCN(c3cccc(F)c3[N+](=O)[O-])CC2)CC1. The number of nitrogens with one attached hydrogen (secondary N) is 1. The first-order chi connectivity index (χ1) is 12.9. The summed E-state index contributed by atoms with van der Waals surface area (Å²) in [4.78, 5) is 12.6. The molecule has 0 atom stereocenters. The van der Waals surface area contributed by atoms with Gasteiger partial charge in [-0.3, -0.25) is 10.1 Å². The van der Waals surface area contributed by atoms with Crippen LogP contribution in [0.4, 0.5) is 15.8 Å². The van der Waals surface area contributed by atoms with Crippen molar-refractivity contribution in [1.82, 2.24) is 5.32 Å². The number of rotatable bonds is 6. The van der Waals surface area contributed by atoms with Crippen LogP contribution in [0.1, 0.15) is 52.4 Å². The van der Waals surface area contributed by atoms with Crippen molar-refractivity contribution >= 4 is 11.4 Å². The van der Waals surface area contributed by atoms with Gasteiger partial charge in [-0.1, -0.05) is 6.07 Å². The Labute approximate surface area is 160 Å². The van der Waals surface area contributed by atoms with Gasteiger partial charge in [-0.05, 0) is 64.5 Å². The minimum Gasteiger partial charge on any atom is -0.379 e. The number of nitro benzene ring substituents is 1. The lowest BCUT2D eigenvalue weighted by molar-refractivity contribution is -0.386. The molecular weight excluding hydrogens is 349 g/mol. The highest BCUT2D eigenvalue weighted by Gasteiger charge is 2.34. The fourth-order valence-electron chi connectivity index (χ4n) is 4.47. The van der Waals surface area contributed by atoms with Gasteiger partial charge in [0.05, 0.1) is 11.0 Å². The average Bonchev–Trinajstić information content (AvgIpc) is 2.64. The number of halogens is 1. The molecule has 6 nitrogen and oxygen atoms in total. The van der Waals surface area contributed by atoms with E-state index < -0.39 is 16.4 Å². The normalized spacial score (nSPS) is 26.9. The lowest BCUT2D eigenvalue weighted by Gasteiger charge is -2.43. The Balaban J connectivity index is 1.56. The molecule has 1 aliphatic carbocycles. The van der Waals surface area contributed by atoms with Crippen molar-refractivity contribution in [2.75, 3.05) is 24.6 Å². The summed E-state index contributed by atoms with van der Waals surface area (Å²) in [6.07, 6.45) is 6.58. The minimum atomic E-state index is -0.767. The first kappa shape index (κ1) is 20.0. The Morgan fingerprint density at radius 1 is 1.30 bits per heavy atom. The largest absolute Gasteiger partial charge is 0.379 e. The van der Waals surface area contributed by atoms with E-state index in [4.69, 9.17) is 4.74 Å². The van der Waals surface area contributed by atoms with Crippen LogP contribution in [0.3, 0.4) is 0 Å². The van der Waals surface area contributed by atoms with Crippen LogP contribution < -0.4 is 10.2 Å². The van der Waals surface area contributed by atoms with Crippen LogP contribution in [-0.4, -0.2) is 42.3 Å². The van der Waals surface area contributed by atoms with E-state index in [2.05, 4.69) is 12.2 Å². The molecule has 2 fully saturated rings. The second kappa shape index (κ2) is 8.52. The van der Waals surface area contributed by atoms with Gasteiger partial charge in [0.1, 0.15) is 5.69 Å². The van der Waals surface area contributed by atoms with E-state index in [0.29, 0.717) is 30.9 Å². The molecule has 1 saturated heterocycles. The summed E-state index contributed by atoms with van der Waals surface area (Å²) in [5, 5.41) is 15.1. The molecule has 0 unspecified atom stereocenters. The first-order valence-corrected chi connectivity index (χ1v) is 9.99. The number of para-hydroxylation sites is 1. The van der Waals surface area contributed by atoms with E-state index in [-0.39, 0.29) is 5.54 Å². The third-order valence-corrected chi connectivity index (χ3v) is 5.97. The maximum Gasteiger partial charge on any atom is 0.327 e. The fraction of sp³-hybridized carbons (Fsp3) is 0.700. The van der Waals surface area contributed by atoms with Gasteiger partial charge in [0.15, 0.2) is 0 Å². The van der Waals surface area contributed by atoms with E-state index in [0.717, 1.165) is 51.2 Å². The first-order valence-electron chi connectivity index (χ1n) is 9.99. The summed E-state index contributed by atoms with van der Waals surface area (Å²) in [5.41, 5.74) is 0.109. The van der Waals surface area contributed by atoms with E-state index in [1.807, 2.05) is 11.8 Å². The minimum absolute atomic E-state index is 0.130. The van der Waals surface area contributed by atoms with Gasteiger partial charge in [-0.15, -0.1) is 0 Å². The van der Waals surface area contributed by atoms with Crippen molar-refractivity contribution in [1.29, 1.82) is 0 Å². The van der Waals surface area contributed by atoms with Gasteiger partial charge in [-0.2, -0.15) is 4.39 Å². The van der Waals surface area contributed by atoms with E-state index in [1.54, 1.807) is 12.1 Å². The van der Waals surface area contributed by atoms with Crippen LogP contribution in [0.5, 0.6) is 0 Å². The standard InChI is InChI=1S/C20H30FN3O3/c1-3-27-16-7-11-20(2,12-8-16)22-15-9-13-23(14-10-15)18-6-4-5-17(21)19(18)24(25)26/h4-6,15-16,22H,3,7-14H2,1-2H3. The molecule has 0 aromatic heterocycles. The molecule has 27 heavy (non-hydrogen) atoms. The van der Waals surface area contributed by atoms with Crippen molar-refractivity contribution < 1.29 is 14.1 Å². The van der Waals surface area contributed by atoms with Gasteiger partial charge in [0.2, 0.25) is 5.82 Å². The van der Waals surface area contributed by atoms with Crippen molar-refractivity contribution in [2.24, 2.45) is 0 Å². The third kappa shape index (κ3) is 4.76. The lowest BCUT2D eigenvalue weighted by atomic mass is 9.80. The van der Waals surface area contributed by atoms with Gasteiger partial charge in [0.25, 0.3) is 0 Å². The molecule has 1 aromatic rings. The molecule has 0 radical (unpaired) electrons. The zero-order valence-electron chi connectivity index (χ0n) is 16.2. The lowest BCUT2D eigenvalue weighted by Crippen LogP contribution is -2.54. The molecule has 0 spiro atoms. The molecule has 1 N–H and O–H groups in total. The van der Waals surface area contributed by atoms with Crippen LogP contribution in [0, 0.1) is 15.9 Å². The number of piperidine rings is 1. The van der Waals surface area contributed by atoms with Crippen molar-refractivity contribution in [2.45, 2.75) is 70.1 Å². The summed E-state index contributed by atoms with van der Waals surface area (Å²) in [6.45, 7) is 6.50. The monoisotopic (exact) mass is 379 g/mol. The number of nitro groups is 1. The summed E-state index contributed by atoms with van der Waals surface area (Å²) in [7, 11) is 0. The number of ether oxygens (including phenoxy) is 1. The number of anilines is 1. The van der Waals surface area contributed by atoms with Crippen molar-refractivity contribution in [3.05, 3.63) is 34.1 Å². The molecule has 150 valence electrons. The molecule has 1 aliphatic heterocycles. The summed E-state index contributed by atoms with van der Waals surface area (Å²) >= 11 is 0. The Kier molecular flexibility index (Phi) is 6.32. The van der Waals surface area contributed by atoms with Gasteiger partial charge < -0.3 is 15.0 Å². The van der Waals surface area contributed by atoms with Crippen LogP contribution in [0.25, 0.3) is 0 Å². The predicted octanol–water partition coefficient (Wildman–Crippen LogP) is 4.03. The highest BCUT2D eigenvalue weighted by Crippen LogP contribution is 2.34. The Morgan fingerprint density at radius 3 is 2.56 bits per heavy atom. The van der Waals surface area contributed by atoms with Crippen molar-refractivity contribution in [3.8, 4) is 0 Å². The van der Waals surface area contributed by atoms with Crippen LogP contribution in [0.2, 0.25) is 0 Å². The summed E-state index contributed by atoms with van der Waals surface area (Å²) < 4.78 is 19.6. The van der Waals surface area contributed by atoms with Crippen molar-refractivity contribution in [3.63, 3.8) is 0 Å². The van der Waals surface area contributed by atoms with Gasteiger partial charge in [-0.25, -0.2) is 0 Å². The summed E-state index contributed by atoms with van der Waals surface area (Å²) in [5.74, 6) is -0.767. The number of hydrogen-bond donors (Lipinski definition) is 1. The summed E-state index contributed by atoms with van der Waals surface area (Å²) in [6, 6.07) is 4.73. The predicted molar refractivity (Wildman–Crippen MR) is 104 cm³/mol. The average molecular weight is 379 g/mol. The highest BCUT2D eigenvalue weighted by atomic mass is 19.1. The highest BCUT2D eigenvalue weighted by molar-refractivity contribution is 5.64. The van der Waals surface area contributed by atoms with Crippen LogP contribution in [0.15, 0.2) is 18.2 Å². The van der Waals surface area contributed by atoms with Crippen LogP contribution >= 0.6 is 0 Å². The molecule has 7 heteroatoms. The maximum absolute atomic E-state index is 13.9. The quantitative estimate of drug-likeness (QED) is 0.597. The van der Waals surface area contributed by atoms with E-state index >= 15 is 0 Å². The molecule has 0 bridgehead atoms. The Morgan fingerprint density at radius 2 is 1.96 bits per heavy atom. The topological polar surface area (TPSA) is 67.6 Å². The molecule has 1 saturated carbocycles. The molecule has 0 amide bonds. The Bertz CT molecular complexity index is 654.